The van der Waals surface area contributed by atoms with Gasteiger partial charge in [-0.2, -0.15) is 0 Å². The Morgan fingerprint density at radius 3 is 2.55 bits per heavy atom. The Kier molecular flexibility index (Phi) is 4.50. The fourth-order valence-corrected chi connectivity index (χ4v) is 4.93. The second kappa shape index (κ2) is 7.23. The summed E-state index contributed by atoms with van der Waals surface area (Å²) in [5.41, 5.74) is 1.39. The molecule has 0 bridgehead atoms. The first-order valence-corrected chi connectivity index (χ1v) is 10.4. The topological polar surface area (TPSA) is 73.1 Å². The van der Waals surface area contributed by atoms with E-state index in [1.807, 2.05) is 54.6 Å². The third kappa shape index (κ3) is 2.98. The maximum Gasteiger partial charge on any atom is 0.330 e. The van der Waals surface area contributed by atoms with Crippen molar-refractivity contribution in [2.24, 2.45) is 25.9 Å². The molecular formula is C25H23N3O3. The number of ketones is 1. The molecule has 0 unspecified atom stereocenters. The summed E-state index contributed by atoms with van der Waals surface area (Å²) in [5.74, 6) is -0.537. The fourth-order valence-electron chi connectivity index (χ4n) is 4.93. The number of carbonyl (C=O) groups excluding carboxylic acids is 1. The molecule has 3 atom stereocenters. The van der Waals surface area contributed by atoms with Crippen LogP contribution in [0.4, 0.5) is 5.69 Å². The summed E-state index contributed by atoms with van der Waals surface area (Å²) in [6.45, 7) is 0. The monoisotopic (exact) mass is 413 g/mol. The van der Waals surface area contributed by atoms with Gasteiger partial charge in [0.1, 0.15) is 0 Å². The molecule has 0 radical (unpaired) electrons. The van der Waals surface area contributed by atoms with Gasteiger partial charge >= 0.3 is 5.69 Å². The Morgan fingerprint density at radius 2 is 1.71 bits per heavy atom. The van der Waals surface area contributed by atoms with E-state index in [-0.39, 0.29) is 28.9 Å². The Balaban J connectivity index is 1.75. The largest absolute Gasteiger partial charge is 0.377 e. The van der Waals surface area contributed by atoms with Gasteiger partial charge < -0.3 is 9.88 Å². The molecule has 2 aliphatic carbocycles. The van der Waals surface area contributed by atoms with E-state index >= 15 is 0 Å². The van der Waals surface area contributed by atoms with Crippen molar-refractivity contribution in [2.75, 3.05) is 5.32 Å². The second-order valence-electron chi connectivity index (χ2n) is 8.25. The highest BCUT2D eigenvalue weighted by molar-refractivity contribution is 5.95. The molecular weight excluding hydrogens is 390 g/mol. The Labute approximate surface area is 179 Å². The van der Waals surface area contributed by atoms with Crippen LogP contribution in [0.25, 0.3) is 10.8 Å². The molecule has 0 fully saturated rings. The summed E-state index contributed by atoms with van der Waals surface area (Å²) in [4.78, 5) is 38.8. The molecule has 6 heteroatoms. The Bertz CT molecular complexity index is 1390. The number of hydrogen-bond donors (Lipinski definition) is 1. The molecule has 0 spiro atoms. The first kappa shape index (κ1) is 19.3. The minimum atomic E-state index is -0.440. The molecule has 0 amide bonds. The van der Waals surface area contributed by atoms with Gasteiger partial charge in [-0.3, -0.25) is 14.2 Å². The first-order chi connectivity index (χ1) is 15.0. The average Bonchev–Trinajstić information content (AvgIpc) is 2.97. The maximum absolute atomic E-state index is 13.3. The zero-order chi connectivity index (χ0) is 21.7. The molecule has 156 valence electrons. The van der Waals surface area contributed by atoms with Crippen molar-refractivity contribution >= 4 is 22.2 Å². The van der Waals surface area contributed by atoms with Gasteiger partial charge in [0.15, 0.2) is 5.78 Å². The maximum atomic E-state index is 13.3. The number of nitrogens with one attached hydrogen (secondary N) is 1. The van der Waals surface area contributed by atoms with E-state index in [0.717, 1.165) is 21.0 Å². The molecule has 1 heterocycles. The fraction of sp³-hybridized carbons (Fsp3) is 0.240. The van der Waals surface area contributed by atoms with Crippen LogP contribution >= 0.6 is 0 Å². The number of allylic oxidation sites excluding steroid dienone is 3. The standard InChI is InChI=1S/C25H23N3O3/c1-27-20-14-18-17(11-5-6-13-21(18)29)23(22(20)24(30)28(2)25(27)31)26-19-12-7-9-15-8-3-4-10-16(15)19/h3-13,17-18,23,26H,14H2,1-2H3/t17-,18-,23-/m0/s1. The average molecular weight is 413 g/mol. The summed E-state index contributed by atoms with van der Waals surface area (Å²) in [6, 6.07) is 13.6. The zero-order valence-corrected chi connectivity index (χ0v) is 17.4. The third-order valence-electron chi connectivity index (χ3n) is 6.57. The number of rotatable bonds is 2. The van der Waals surface area contributed by atoms with Crippen molar-refractivity contribution in [1.82, 2.24) is 9.13 Å². The molecule has 0 saturated carbocycles. The number of nitrogens with zero attached hydrogens (tertiary/aromatic N) is 2. The van der Waals surface area contributed by atoms with E-state index in [4.69, 9.17) is 0 Å². The number of fused-ring (bicyclic) bond motifs is 3. The number of hydrogen-bond acceptors (Lipinski definition) is 4. The van der Waals surface area contributed by atoms with Crippen LogP contribution in [0.5, 0.6) is 0 Å². The molecule has 2 aromatic carbocycles. The summed E-state index contributed by atoms with van der Waals surface area (Å²) < 4.78 is 2.66. The smallest absolute Gasteiger partial charge is 0.330 e. The lowest BCUT2D eigenvalue weighted by Crippen LogP contribution is -2.48. The van der Waals surface area contributed by atoms with Crippen molar-refractivity contribution in [3.63, 3.8) is 0 Å². The number of aromatic nitrogens is 2. The van der Waals surface area contributed by atoms with Crippen LogP contribution in [0.3, 0.4) is 0 Å². The number of carbonyl (C=O) groups is 1. The highest BCUT2D eigenvalue weighted by Gasteiger charge is 2.42. The van der Waals surface area contributed by atoms with Crippen molar-refractivity contribution in [3.05, 3.63) is 98.9 Å². The molecule has 2 aliphatic rings. The van der Waals surface area contributed by atoms with Crippen LogP contribution in [0, 0.1) is 11.8 Å². The number of benzene rings is 2. The van der Waals surface area contributed by atoms with Gasteiger partial charge in [0, 0.05) is 42.7 Å². The summed E-state index contributed by atoms with van der Waals surface area (Å²) >= 11 is 0. The van der Waals surface area contributed by atoms with Gasteiger partial charge in [-0.1, -0.05) is 54.6 Å². The molecule has 1 aromatic heterocycles. The van der Waals surface area contributed by atoms with E-state index in [1.54, 1.807) is 19.2 Å². The van der Waals surface area contributed by atoms with E-state index in [0.29, 0.717) is 17.7 Å². The van der Waals surface area contributed by atoms with E-state index in [2.05, 4.69) is 5.32 Å². The molecule has 5 rings (SSSR count). The molecule has 1 N–H and O–H groups in total. The molecule has 3 aromatic rings. The van der Waals surface area contributed by atoms with E-state index in [1.165, 1.54) is 11.6 Å². The molecule has 0 aliphatic heterocycles. The van der Waals surface area contributed by atoms with Crippen molar-refractivity contribution in [3.8, 4) is 0 Å². The Morgan fingerprint density at radius 1 is 0.935 bits per heavy atom. The van der Waals surface area contributed by atoms with Crippen LogP contribution < -0.4 is 16.6 Å². The van der Waals surface area contributed by atoms with Crippen LogP contribution in [-0.2, 0) is 25.3 Å². The van der Waals surface area contributed by atoms with Crippen molar-refractivity contribution < 1.29 is 4.79 Å². The minimum absolute atomic E-state index is 0.0125. The lowest BCUT2D eigenvalue weighted by Gasteiger charge is -2.38. The SMILES string of the molecule is Cn1c2c(c(=O)n(C)c1=O)[C@@H](Nc1cccc3ccccc13)[C@H]1C=CC=CC(=O)[C@H]1C2. The van der Waals surface area contributed by atoms with Crippen LogP contribution in [0.2, 0.25) is 0 Å². The summed E-state index contributed by atoms with van der Waals surface area (Å²) in [5, 5.41) is 5.71. The number of anilines is 1. The highest BCUT2D eigenvalue weighted by atomic mass is 16.2. The highest BCUT2D eigenvalue weighted by Crippen LogP contribution is 2.41. The Hall–Kier alpha value is -3.67. The van der Waals surface area contributed by atoms with Crippen molar-refractivity contribution in [2.45, 2.75) is 12.5 Å². The lowest BCUT2D eigenvalue weighted by molar-refractivity contribution is -0.119. The van der Waals surface area contributed by atoms with Gasteiger partial charge in [-0.15, -0.1) is 0 Å². The molecule has 6 nitrogen and oxygen atoms in total. The summed E-state index contributed by atoms with van der Waals surface area (Å²) in [7, 11) is 3.17. The third-order valence-corrected chi connectivity index (χ3v) is 6.57. The molecule has 0 saturated heterocycles. The predicted molar refractivity (Wildman–Crippen MR) is 121 cm³/mol. The van der Waals surface area contributed by atoms with Gasteiger partial charge in [0.05, 0.1) is 11.6 Å². The summed E-state index contributed by atoms with van der Waals surface area (Å²) in [6.07, 6.45) is 7.57. The predicted octanol–water partition coefficient (Wildman–Crippen LogP) is 2.87. The first-order valence-electron chi connectivity index (χ1n) is 10.4. The van der Waals surface area contributed by atoms with Crippen LogP contribution in [0.15, 0.2) is 76.4 Å². The quantitative estimate of drug-likeness (QED) is 0.701. The van der Waals surface area contributed by atoms with Gasteiger partial charge in [0.25, 0.3) is 5.56 Å². The van der Waals surface area contributed by atoms with Crippen LogP contribution in [0.1, 0.15) is 17.3 Å². The van der Waals surface area contributed by atoms with Crippen molar-refractivity contribution in [1.29, 1.82) is 0 Å². The van der Waals surface area contributed by atoms with E-state index in [9.17, 15) is 14.4 Å². The second-order valence-corrected chi connectivity index (χ2v) is 8.25. The van der Waals surface area contributed by atoms with E-state index < -0.39 is 6.04 Å². The van der Waals surface area contributed by atoms with Gasteiger partial charge in [-0.25, -0.2) is 4.79 Å². The normalized spacial score (nSPS) is 22.1. The van der Waals surface area contributed by atoms with Gasteiger partial charge in [-0.05, 0) is 23.9 Å². The lowest BCUT2D eigenvalue weighted by atomic mass is 9.72. The van der Waals surface area contributed by atoms with Crippen LogP contribution in [-0.4, -0.2) is 14.9 Å². The van der Waals surface area contributed by atoms with Gasteiger partial charge in [0.2, 0.25) is 0 Å². The molecule has 31 heavy (non-hydrogen) atoms. The minimum Gasteiger partial charge on any atom is -0.377 e. The zero-order valence-electron chi connectivity index (χ0n) is 17.4.